The van der Waals surface area contributed by atoms with Crippen molar-refractivity contribution in [3.05, 3.63) is 42.0 Å². The molecule has 0 radical (unpaired) electrons. The first-order valence-electron chi connectivity index (χ1n) is 4.91. The number of nitrogens with two attached hydrogens (primary N) is 1. The first-order valence-corrected chi connectivity index (χ1v) is 5.72. The van der Waals surface area contributed by atoms with E-state index in [1.165, 1.54) is 11.8 Å². The van der Waals surface area contributed by atoms with Crippen LogP contribution in [0.5, 0.6) is 0 Å². The monoisotopic (exact) mass is 232 g/mol. The van der Waals surface area contributed by atoms with Gasteiger partial charge in [-0.2, -0.15) is 0 Å². The summed E-state index contributed by atoms with van der Waals surface area (Å²) in [7, 11) is 0. The van der Waals surface area contributed by atoms with Gasteiger partial charge in [-0.25, -0.2) is 9.97 Å². The maximum Gasteiger partial charge on any atom is 0.192 e. The molecule has 2 rings (SSSR count). The molecule has 0 aliphatic rings. The number of nitrogens with zero attached hydrogens (tertiary/aromatic N) is 3. The minimum Gasteiger partial charge on any atom is -0.325 e. The second-order valence-electron chi connectivity index (χ2n) is 3.24. The summed E-state index contributed by atoms with van der Waals surface area (Å²) in [6, 6.07) is 5.74. The van der Waals surface area contributed by atoms with Gasteiger partial charge in [0.05, 0.1) is 5.69 Å². The van der Waals surface area contributed by atoms with Crippen LogP contribution in [0.2, 0.25) is 0 Å². The molecular formula is C11H12N4S. The number of aromatic nitrogens is 3. The molecule has 0 spiro atoms. The summed E-state index contributed by atoms with van der Waals surface area (Å²) in [6.45, 7) is 2.37. The molecule has 0 aliphatic carbocycles. The highest BCUT2D eigenvalue weighted by atomic mass is 32.2. The van der Waals surface area contributed by atoms with Crippen LogP contribution in [0.25, 0.3) is 0 Å². The number of aryl methyl sites for hydroxylation is 1. The summed E-state index contributed by atoms with van der Waals surface area (Å²) < 4.78 is 0. The van der Waals surface area contributed by atoms with Gasteiger partial charge >= 0.3 is 0 Å². The van der Waals surface area contributed by atoms with Gasteiger partial charge in [-0.3, -0.25) is 4.98 Å². The van der Waals surface area contributed by atoms with E-state index in [0.29, 0.717) is 6.54 Å². The molecule has 0 fully saturated rings. The normalized spacial score (nSPS) is 10.4. The maximum absolute atomic E-state index is 5.62. The average Bonchev–Trinajstić information content (AvgIpc) is 2.30. The lowest BCUT2D eigenvalue weighted by Crippen LogP contribution is -2.01. The maximum atomic E-state index is 5.62. The molecule has 82 valence electrons. The lowest BCUT2D eigenvalue weighted by atomic mass is 10.3. The number of hydrogen-bond acceptors (Lipinski definition) is 5. The molecule has 0 aromatic carbocycles. The largest absolute Gasteiger partial charge is 0.325 e. The van der Waals surface area contributed by atoms with E-state index in [1.54, 1.807) is 12.4 Å². The lowest BCUT2D eigenvalue weighted by molar-refractivity contribution is 0.915. The molecule has 2 N–H and O–H groups in total. The molecule has 16 heavy (non-hydrogen) atoms. The summed E-state index contributed by atoms with van der Waals surface area (Å²) in [4.78, 5) is 13.7. The third-order valence-corrected chi connectivity index (χ3v) is 2.99. The molecule has 0 atom stereocenters. The molecule has 0 unspecified atom stereocenters. The minimum absolute atomic E-state index is 0.426. The number of pyridine rings is 1. The molecule has 2 heterocycles. The van der Waals surface area contributed by atoms with E-state index in [0.717, 1.165) is 21.4 Å². The van der Waals surface area contributed by atoms with E-state index in [9.17, 15) is 0 Å². The standard InChI is InChI=1S/C11H12N4S/c1-8-4-6-14-11(15-8)16-10-3-2-5-13-9(10)7-12/h2-6H,7,12H2,1H3. The Hall–Kier alpha value is -1.46. The van der Waals surface area contributed by atoms with Gasteiger partial charge in [0.15, 0.2) is 5.16 Å². The molecular weight excluding hydrogens is 220 g/mol. The van der Waals surface area contributed by atoms with Gasteiger partial charge in [0.25, 0.3) is 0 Å². The van der Waals surface area contributed by atoms with Gasteiger partial charge in [0, 0.05) is 29.5 Å². The fourth-order valence-corrected chi connectivity index (χ4v) is 2.14. The zero-order valence-electron chi connectivity index (χ0n) is 8.92. The molecule has 2 aromatic rings. The van der Waals surface area contributed by atoms with Crippen molar-refractivity contribution in [1.82, 2.24) is 15.0 Å². The number of rotatable bonds is 3. The Bertz CT molecular complexity index is 487. The van der Waals surface area contributed by atoms with Crippen LogP contribution in [0.4, 0.5) is 0 Å². The second kappa shape index (κ2) is 5.05. The van der Waals surface area contributed by atoms with Crippen LogP contribution >= 0.6 is 11.8 Å². The highest BCUT2D eigenvalue weighted by Crippen LogP contribution is 2.26. The van der Waals surface area contributed by atoms with Crippen molar-refractivity contribution >= 4 is 11.8 Å². The summed E-state index contributed by atoms with van der Waals surface area (Å²) in [5.41, 5.74) is 7.44. The first-order chi connectivity index (χ1) is 7.79. The SMILES string of the molecule is Cc1ccnc(Sc2cccnc2CN)n1. The second-order valence-corrected chi connectivity index (χ2v) is 4.24. The van der Waals surface area contributed by atoms with E-state index >= 15 is 0 Å². The Kier molecular flexibility index (Phi) is 3.48. The smallest absolute Gasteiger partial charge is 0.192 e. The van der Waals surface area contributed by atoms with Crippen molar-refractivity contribution in [1.29, 1.82) is 0 Å². The number of hydrogen-bond donors (Lipinski definition) is 1. The van der Waals surface area contributed by atoms with E-state index in [1.807, 2.05) is 25.1 Å². The van der Waals surface area contributed by atoms with E-state index in [4.69, 9.17) is 5.73 Å². The lowest BCUT2D eigenvalue weighted by Gasteiger charge is -2.04. The van der Waals surface area contributed by atoms with Gasteiger partial charge in [-0.05, 0) is 36.9 Å². The molecule has 4 nitrogen and oxygen atoms in total. The quantitative estimate of drug-likeness (QED) is 0.817. The van der Waals surface area contributed by atoms with Crippen LogP contribution in [-0.4, -0.2) is 15.0 Å². The van der Waals surface area contributed by atoms with Crippen molar-refractivity contribution in [2.45, 2.75) is 23.5 Å². The molecule has 0 saturated carbocycles. The highest BCUT2D eigenvalue weighted by molar-refractivity contribution is 7.99. The van der Waals surface area contributed by atoms with Crippen molar-refractivity contribution in [3.8, 4) is 0 Å². The van der Waals surface area contributed by atoms with Gasteiger partial charge in [-0.15, -0.1) is 0 Å². The van der Waals surface area contributed by atoms with Crippen molar-refractivity contribution < 1.29 is 0 Å². The van der Waals surface area contributed by atoms with Gasteiger partial charge in [0.1, 0.15) is 0 Å². The Morgan fingerprint density at radius 3 is 2.88 bits per heavy atom. The van der Waals surface area contributed by atoms with E-state index < -0.39 is 0 Å². The third kappa shape index (κ3) is 2.56. The first kappa shape index (κ1) is 11.0. The Morgan fingerprint density at radius 2 is 2.12 bits per heavy atom. The van der Waals surface area contributed by atoms with Crippen LogP contribution in [-0.2, 0) is 6.54 Å². The van der Waals surface area contributed by atoms with E-state index in [-0.39, 0.29) is 0 Å². The fraction of sp³-hybridized carbons (Fsp3) is 0.182. The predicted octanol–water partition coefficient (Wildman–Crippen LogP) is 1.79. The van der Waals surface area contributed by atoms with Crippen molar-refractivity contribution in [3.63, 3.8) is 0 Å². The van der Waals surface area contributed by atoms with Crippen LogP contribution in [0.3, 0.4) is 0 Å². The van der Waals surface area contributed by atoms with Crippen molar-refractivity contribution in [2.75, 3.05) is 0 Å². The molecule has 0 bridgehead atoms. The Labute approximate surface area is 98.3 Å². The summed E-state index contributed by atoms with van der Waals surface area (Å²) in [5.74, 6) is 0. The van der Waals surface area contributed by atoms with Gasteiger partial charge < -0.3 is 5.73 Å². The third-order valence-electron chi connectivity index (χ3n) is 2.02. The molecule has 5 heteroatoms. The van der Waals surface area contributed by atoms with Crippen LogP contribution in [0.15, 0.2) is 40.6 Å². The van der Waals surface area contributed by atoms with Crippen molar-refractivity contribution in [2.24, 2.45) is 5.73 Å². The minimum atomic E-state index is 0.426. The zero-order chi connectivity index (χ0) is 11.4. The average molecular weight is 232 g/mol. The zero-order valence-corrected chi connectivity index (χ0v) is 9.74. The molecule has 0 aliphatic heterocycles. The van der Waals surface area contributed by atoms with E-state index in [2.05, 4.69) is 15.0 Å². The van der Waals surface area contributed by atoms with Gasteiger partial charge in [-0.1, -0.05) is 0 Å². The molecule has 0 amide bonds. The summed E-state index contributed by atoms with van der Waals surface area (Å²) in [5, 5.41) is 0.725. The Balaban J connectivity index is 2.26. The molecule has 2 aromatic heterocycles. The van der Waals surface area contributed by atoms with Crippen LogP contribution in [0.1, 0.15) is 11.4 Å². The Morgan fingerprint density at radius 1 is 1.25 bits per heavy atom. The fourth-order valence-electron chi connectivity index (χ4n) is 1.24. The van der Waals surface area contributed by atoms with Crippen LogP contribution in [0, 0.1) is 6.92 Å². The molecule has 0 saturated heterocycles. The van der Waals surface area contributed by atoms with Gasteiger partial charge in [0.2, 0.25) is 0 Å². The highest BCUT2D eigenvalue weighted by Gasteiger charge is 2.05. The summed E-state index contributed by atoms with van der Waals surface area (Å²) >= 11 is 1.49. The topological polar surface area (TPSA) is 64.7 Å². The van der Waals surface area contributed by atoms with Crippen LogP contribution < -0.4 is 5.73 Å². The predicted molar refractivity (Wildman–Crippen MR) is 63.0 cm³/mol. The summed E-state index contributed by atoms with van der Waals surface area (Å²) in [6.07, 6.45) is 3.49.